The fraction of sp³-hybridized carbons (Fsp3) is 0.300. The van der Waals surface area contributed by atoms with Gasteiger partial charge in [-0.1, -0.05) is 11.6 Å². The Morgan fingerprint density at radius 2 is 1.77 bits per heavy atom. The van der Waals surface area contributed by atoms with Crippen molar-refractivity contribution < 1.29 is 14.3 Å². The lowest BCUT2D eigenvalue weighted by Crippen LogP contribution is -2.17. The third-order valence-electron chi connectivity index (χ3n) is 3.78. The van der Waals surface area contributed by atoms with Crippen molar-refractivity contribution in [2.24, 2.45) is 0 Å². The molecule has 1 amide bonds. The lowest BCUT2D eigenvalue weighted by atomic mass is 10.1. The number of ether oxygens (including phenoxy) is 1. The van der Waals surface area contributed by atoms with Crippen LogP contribution in [0.5, 0.6) is 5.75 Å². The quantitative estimate of drug-likeness (QED) is 0.695. The molecule has 5 nitrogen and oxygen atoms in total. The van der Waals surface area contributed by atoms with Gasteiger partial charge in [0.2, 0.25) is 5.91 Å². The van der Waals surface area contributed by atoms with E-state index in [9.17, 15) is 9.59 Å². The number of rotatable bonds is 8. The zero-order valence-corrected chi connectivity index (χ0v) is 16.0. The van der Waals surface area contributed by atoms with Crippen molar-refractivity contribution in [1.29, 1.82) is 0 Å². The smallest absolute Gasteiger partial charge is 0.224 e. The van der Waals surface area contributed by atoms with Crippen LogP contribution in [0.2, 0.25) is 5.02 Å². The number of hydrogen-bond donors (Lipinski definition) is 1. The third kappa shape index (κ3) is 5.49. The number of hydrogen-bond acceptors (Lipinski definition) is 4. The molecule has 0 aliphatic heterocycles. The van der Waals surface area contributed by atoms with Gasteiger partial charge in [0.25, 0.3) is 0 Å². The predicted octanol–water partition coefficient (Wildman–Crippen LogP) is 4.41. The molecular weight excluding hydrogens is 352 g/mol. The van der Waals surface area contributed by atoms with E-state index in [-0.39, 0.29) is 24.5 Å². The standard InChI is InChI=1S/C20H23ClN2O3/c1-4-26-16-8-5-14(6-9-16)19(24)11-12-20(25)22-17-13-15(21)7-10-18(17)23(2)3/h5-10,13H,4,11-12H2,1-3H3,(H,22,25). The van der Waals surface area contributed by atoms with Gasteiger partial charge in [0.15, 0.2) is 5.78 Å². The number of anilines is 2. The van der Waals surface area contributed by atoms with Gasteiger partial charge in [-0.15, -0.1) is 0 Å². The molecule has 6 heteroatoms. The molecule has 1 N–H and O–H groups in total. The molecule has 0 atom stereocenters. The van der Waals surface area contributed by atoms with Gasteiger partial charge < -0.3 is 15.0 Å². The minimum Gasteiger partial charge on any atom is -0.494 e. The highest BCUT2D eigenvalue weighted by molar-refractivity contribution is 6.31. The molecule has 0 unspecified atom stereocenters. The largest absolute Gasteiger partial charge is 0.494 e. The van der Waals surface area contributed by atoms with Gasteiger partial charge in [-0.3, -0.25) is 9.59 Å². The molecular formula is C20H23ClN2O3. The number of nitrogens with zero attached hydrogens (tertiary/aromatic N) is 1. The summed E-state index contributed by atoms with van der Waals surface area (Å²) >= 11 is 6.01. The van der Waals surface area contributed by atoms with Crippen LogP contribution in [0, 0.1) is 0 Å². The summed E-state index contributed by atoms with van der Waals surface area (Å²) in [7, 11) is 3.77. The second-order valence-electron chi connectivity index (χ2n) is 5.98. The van der Waals surface area contributed by atoms with Crippen LogP contribution in [0.15, 0.2) is 42.5 Å². The van der Waals surface area contributed by atoms with E-state index < -0.39 is 0 Å². The van der Waals surface area contributed by atoms with Crippen LogP contribution < -0.4 is 15.0 Å². The second kappa shape index (κ2) is 9.25. The lowest BCUT2D eigenvalue weighted by Gasteiger charge is -2.18. The number of carbonyl (C=O) groups excluding carboxylic acids is 2. The van der Waals surface area contributed by atoms with Gasteiger partial charge in [-0.2, -0.15) is 0 Å². The van der Waals surface area contributed by atoms with Crippen molar-refractivity contribution in [2.45, 2.75) is 19.8 Å². The molecule has 0 aliphatic rings. The average Bonchev–Trinajstić information content (AvgIpc) is 2.60. The first kappa shape index (κ1) is 19.8. The van der Waals surface area contributed by atoms with Gasteiger partial charge in [-0.25, -0.2) is 0 Å². The van der Waals surface area contributed by atoms with Crippen LogP contribution in [0.1, 0.15) is 30.1 Å². The zero-order valence-electron chi connectivity index (χ0n) is 15.2. The molecule has 0 radical (unpaired) electrons. The molecule has 0 saturated heterocycles. The topological polar surface area (TPSA) is 58.6 Å². The zero-order chi connectivity index (χ0) is 19.1. The maximum atomic E-state index is 12.2. The Bertz CT molecular complexity index is 773. The van der Waals surface area contributed by atoms with E-state index in [4.69, 9.17) is 16.3 Å². The van der Waals surface area contributed by atoms with E-state index >= 15 is 0 Å². The summed E-state index contributed by atoms with van der Waals surface area (Å²) in [4.78, 5) is 26.4. The lowest BCUT2D eigenvalue weighted by molar-refractivity contribution is -0.116. The molecule has 2 aromatic carbocycles. The SMILES string of the molecule is CCOc1ccc(C(=O)CCC(=O)Nc2cc(Cl)ccc2N(C)C)cc1. The number of Topliss-reactive ketones (excluding diaryl/α,β-unsaturated/α-hetero) is 1. The van der Waals surface area contributed by atoms with Crippen molar-refractivity contribution in [3.63, 3.8) is 0 Å². The summed E-state index contributed by atoms with van der Waals surface area (Å²) in [6, 6.07) is 12.2. The van der Waals surface area contributed by atoms with Gasteiger partial charge in [0, 0.05) is 37.5 Å². The van der Waals surface area contributed by atoms with E-state index in [0.717, 1.165) is 11.4 Å². The first-order valence-corrected chi connectivity index (χ1v) is 8.81. The summed E-state index contributed by atoms with van der Waals surface area (Å²) < 4.78 is 5.36. The summed E-state index contributed by atoms with van der Waals surface area (Å²) in [6.45, 7) is 2.48. The van der Waals surface area contributed by atoms with E-state index in [0.29, 0.717) is 22.9 Å². The molecule has 0 heterocycles. The third-order valence-corrected chi connectivity index (χ3v) is 4.02. The van der Waals surface area contributed by atoms with Crippen LogP contribution in [-0.4, -0.2) is 32.4 Å². The molecule has 0 spiro atoms. The minimum absolute atomic E-state index is 0.0814. The maximum Gasteiger partial charge on any atom is 0.224 e. The Balaban J connectivity index is 1.94. The predicted molar refractivity (Wildman–Crippen MR) is 106 cm³/mol. The summed E-state index contributed by atoms with van der Waals surface area (Å²) in [6.07, 6.45) is 0.239. The number of benzene rings is 2. The highest BCUT2D eigenvalue weighted by Gasteiger charge is 2.12. The number of halogens is 1. The number of ketones is 1. The van der Waals surface area contributed by atoms with Crippen molar-refractivity contribution >= 4 is 34.7 Å². The van der Waals surface area contributed by atoms with Gasteiger partial charge in [0.1, 0.15) is 5.75 Å². The molecule has 138 valence electrons. The van der Waals surface area contributed by atoms with Crippen molar-refractivity contribution in [3.05, 3.63) is 53.1 Å². The Morgan fingerprint density at radius 1 is 1.08 bits per heavy atom. The monoisotopic (exact) mass is 374 g/mol. The van der Waals surface area contributed by atoms with Crippen LogP contribution in [0.3, 0.4) is 0 Å². The molecule has 0 saturated carbocycles. The van der Waals surface area contributed by atoms with E-state index in [2.05, 4.69) is 5.32 Å². The fourth-order valence-corrected chi connectivity index (χ4v) is 2.66. The Morgan fingerprint density at radius 3 is 2.38 bits per heavy atom. The van der Waals surface area contributed by atoms with Crippen molar-refractivity contribution in [2.75, 3.05) is 30.9 Å². The number of amides is 1. The van der Waals surface area contributed by atoms with Crippen LogP contribution >= 0.6 is 11.6 Å². The fourth-order valence-electron chi connectivity index (χ4n) is 2.49. The number of carbonyl (C=O) groups is 2. The van der Waals surface area contributed by atoms with Crippen LogP contribution in [-0.2, 0) is 4.79 Å². The van der Waals surface area contributed by atoms with Crippen LogP contribution in [0.4, 0.5) is 11.4 Å². The molecule has 0 bridgehead atoms. The normalized spacial score (nSPS) is 10.3. The van der Waals surface area contributed by atoms with E-state index in [1.165, 1.54) is 0 Å². The van der Waals surface area contributed by atoms with Gasteiger partial charge in [-0.05, 0) is 49.4 Å². The van der Waals surface area contributed by atoms with Gasteiger partial charge >= 0.3 is 0 Å². The maximum absolute atomic E-state index is 12.2. The Kier molecular flexibility index (Phi) is 7.04. The highest BCUT2D eigenvalue weighted by Crippen LogP contribution is 2.28. The second-order valence-corrected chi connectivity index (χ2v) is 6.42. The average molecular weight is 375 g/mol. The van der Waals surface area contributed by atoms with E-state index in [1.807, 2.05) is 32.0 Å². The first-order chi connectivity index (χ1) is 12.4. The summed E-state index contributed by atoms with van der Waals surface area (Å²) in [5.74, 6) is 0.413. The molecule has 0 aromatic heterocycles. The Hall–Kier alpha value is -2.53. The molecule has 2 rings (SSSR count). The van der Waals surface area contributed by atoms with Gasteiger partial charge in [0.05, 0.1) is 18.0 Å². The van der Waals surface area contributed by atoms with Crippen molar-refractivity contribution in [1.82, 2.24) is 0 Å². The highest BCUT2D eigenvalue weighted by atomic mass is 35.5. The van der Waals surface area contributed by atoms with E-state index in [1.54, 1.807) is 36.4 Å². The summed E-state index contributed by atoms with van der Waals surface area (Å²) in [5, 5.41) is 3.37. The molecule has 26 heavy (non-hydrogen) atoms. The molecule has 0 aliphatic carbocycles. The number of nitrogens with one attached hydrogen (secondary N) is 1. The summed E-state index contributed by atoms with van der Waals surface area (Å²) in [5.41, 5.74) is 2.04. The van der Waals surface area contributed by atoms with Crippen molar-refractivity contribution in [3.8, 4) is 5.75 Å². The first-order valence-electron chi connectivity index (χ1n) is 8.43. The van der Waals surface area contributed by atoms with Crippen LogP contribution in [0.25, 0.3) is 0 Å². The minimum atomic E-state index is -0.227. The Labute approximate surface area is 158 Å². The molecule has 2 aromatic rings. The molecule has 0 fully saturated rings.